The van der Waals surface area contributed by atoms with Gasteiger partial charge in [0.15, 0.2) is 0 Å². The standard InChI is InChI=1S/C12H15F2NO/c1-15-7-3-6-12(16,8-15)11-9(13)4-2-5-10(11)14/h2,4-5,16H,3,6-8H2,1H3. The van der Waals surface area contributed by atoms with E-state index in [-0.39, 0.29) is 12.1 Å². The molecule has 0 radical (unpaired) electrons. The van der Waals surface area contributed by atoms with Gasteiger partial charge in [-0.25, -0.2) is 8.78 Å². The molecule has 1 saturated heterocycles. The maximum atomic E-state index is 13.6. The lowest BCUT2D eigenvalue weighted by atomic mass is 9.85. The summed E-state index contributed by atoms with van der Waals surface area (Å²) in [6.07, 6.45) is 1.13. The summed E-state index contributed by atoms with van der Waals surface area (Å²) in [5.41, 5.74) is -1.59. The fraction of sp³-hybridized carbons (Fsp3) is 0.500. The molecular weight excluding hydrogens is 212 g/mol. The van der Waals surface area contributed by atoms with Crippen molar-refractivity contribution in [1.29, 1.82) is 0 Å². The summed E-state index contributed by atoms with van der Waals surface area (Å²) in [5.74, 6) is -1.34. The molecule has 1 aromatic rings. The van der Waals surface area contributed by atoms with Crippen LogP contribution >= 0.6 is 0 Å². The SMILES string of the molecule is CN1CCCC(O)(c2c(F)cccc2F)C1. The zero-order valence-corrected chi connectivity index (χ0v) is 9.21. The van der Waals surface area contributed by atoms with Gasteiger partial charge in [-0.15, -0.1) is 0 Å². The number of benzene rings is 1. The average Bonchev–Trinajstić information content (AvgIpc) is 2.16. The number of halogens is 2. The van der Waals surface area contributed by atoms with Crippen LogP contribution in [0.25, 0.3) is 0 Å². The molecule has 0 aromatic heterocycles. The average molecular weight is 227 g/mol. The van der Waals surface area contributed by atoms with Crippen LogP contribution in [0.3, 0.4) is 0 Å². The molecule has 0 spiro atoms. The number of rotatable bonds is 1. The van der Waals surface area contributed by atoms with Crippen molar-refractivity contribution >= 4 is 0 Å². The second-order valence-electron chi connectivity index (χ2n) is 4.47. The minimum atomic E-state index is -1.40. The van der Waals surface area contributed by atoms with Crippen LogP contribution in [0.2, 0.25) is 0 Å². The quantitative estimate of drug-likeness (QED) is 0.791. The first-order valence-electron chi connectivity index (χ1n) is 5.38. The van der Waals surface area contributed by atoms with Gasteiger partial charge >= 0.3 is 0 Å². The predicted molar refractivity (Wildman–Crippen MR) is 57.0 cm³/mol. The van der Waals surface area contributed by atoms with E-state index in [9.17, 15) is 13.9 Å². The first-order chi connectivity index (χ1) is 7.53. The van der Waals surface area contributed by atoms with Crippen molar-refractivity contribution in [1.82, 2.24) is 4.90 Å². The Bertz CT molecular complexity index is 376. The summed E-state index contributed by atoms with van der Waals surface area (Å²) in [6, 6.07) is 3.68. The van der Waals surface area contributed by atoms with E-state index < -0.39 is 17.2 Å². The Morgan fingerprint density at radius 1 is 1.31 bits per heavy atom. The zero-order valence-electron chi connectivity index (χ0n) is 9.21. The van der Waals surface area contributed by atoms with Gasteiger partial charge in [0, 0.05) is 6.54 Å². The highest BCUT2D eigenvalue weighted by Crippen LogP contribution is 2.34. The van der Waals surface area contributed by atoms with Gasteiger partial charge < -0.3 is 10.0 Å². The van der Waals surface area contributed by atoms with Crippen molar-refractivity contribution in [2.24, 2.45) is 0 Å². The fourth-order valence-electron chi connectivity index (χ4n) is 2.39. The lowest BCUT2D eigenvalue weighted by Gasteiger charge is -2.37. The lowest BCUT2D eigenvalue weighted by Crippen LogP contribution is -2.45. The molecule has 0 saturated carbocycles. The largest absolute Gasteiger partial charge is 0.384 e. The van der Waals surface area contributed by atoms with Gasteiger partial charge in [-0.1, -0.05) is 6.07 Å². The Balaban J connectivity index is 2.42. The first-order valence-corrected chi connectivity index (χ1v) is 5.38. The zero-order chi connectivity index (χ0) is 11.8. The van der Waals surface area contributed by atoms with Crippen molar-refractivity contribution in [2.45, 2.75) is 18.4 Å². The Hall–Kier alpha value is -1.00. The van der Waals surface area contributed by atoms with E-state index in [1.807, 2.05) is 11.9 Å². The summed E-state index contributed by atoms with van der Waals surface area (Å²) in [7, 11) is 1.84. The Labute approximate surface area is 93.5 Å². The van der Waals surface area contributed by atoms with Crippen molar-refractivity contribution < 1.29 is 13.9 Å². The van der Waals surface area contributed by atoms with Gasteiger partial charge in [0.2, 0.25) is 0 Å². The summed E-state index contributed by atoms with van der Waals surface area (Å²) in [5, 5.41) is 10.4. The smallest absolute Gasteiger partial charge is 0.132 e. The summed E-state index contributed by atoms with van der Waals surface area (Å²) < 4.78 is 27.2. The number of aliphatic hydroxyl groups is 1. The third-order valence-electron chi connectivity index (χ3n) is 3.09. The van der Waals surface area contributed by atoms with Crippen molar-refractivity contribution in [3.63, 3.8) is 0 Å². The molecule has 2 rings (SSSR count). The molecule has 4 heteroatoms. The van der Waals surface area contributed by atoms with Crippen LogP contribution in [0.15, 0.2) is 18.2 Å². The van der Waals surface area contributed by atoms with Crippen LogP contribution in [-0.2, 0) is 5.60 Å². The number of nitrogens with zero attached hydrogens (tertiary/aromatic N) is 1. The van der Waals surface area contributed by atoms with E-state index in [4.69, 9.17) is 0 Å². The summed E-state index contributed by atoms with van der Waals surface area (Å²) in [4.78, 5) is 1.88. The molecule has 0 aliphatic carbocycles. The Kier molecular flexibility index (Phi) is 2.95. The summed E-state index contributed by atoms with van der Waals surface area (Å²) in [6.45, 7) is 1.11. The maximum Gasteiger partial charge on any atom is 0.132 e. The normalized spacial score (nSPS) is 27.0. The molecule has 2 nitrogen and oxygen atoms in total. The number of likely N-dealkylation sites (N-methyl/N-ethyl adjacent to an activating group) is 1. The lowest BCUT2D eigenvalue weighted by molar-refractivity contribution is -0.0330. The van der Waals surface area contributed by atoms with Gasteiger partial charge in [0.25, 0.3) is 0 Å². The molecule has 1 fully saturated rings. The molecule has 0 bridgehead atoms. The highest BCUT2D eigenvalue weighted by atomic mass is 19.1. The molecule has 88 valence electrons. The molecule has 0 amide bonds. The van der Waals surface area contributed by atoms with Gasteiger partial charge in [-0.2, -0.15) is 0 Å². The van der Waals surface area contributed by atoms with Gasteiger partial charge in [0.05, 0.1) is 5.56 Å². The second kappa shape index (κ2) is 4.11. The van der Waals surface area contributed by atoms with Gasteiger partial charge in [-0.05, 0) is 38.6 Å². The van der Waals surface area contributed by atoms with E-state index >= 15 is 0 Å². The number of likely N-dealkylation sites (tertiary alicyclic amines) is 1. The molecule has 1 unspecified atom stereocenters. The second-order valence-corrected chi connectivity index (χ2v) is 4.47. The van der Waals surface area contributed by atoms with Crippen LogP contribution < -0.4 is 0 Å². The third kappa shape index (κ3) is 1.95. The van der Waals surface area contributed by atoms with Crippen molar-refractivity contribution in [3.05, 3.63) is 35.4 Å². The highest BCUT2D eigenvalue weighted by molar-refractivity contribution is 5.27. The number of piperidine rings is 1. The van der Waals surface area contributed by atoms with Crippen LogP contribution in [-0.4, -0.2) is 30.1 Å². The van der Waals surface area contributed by atoms with Crippen molar-refractivity contribution in [2.75, 3.05) is 20.1 Å². The fourth-order valence-corrected chi connectivity index (χ4v) is 2.39. The monoisotopic (exact) mass is 227 g/mol. The molecular formula is C12H15F2NO. The molecule has 16 heavy (non-hydrogen) atoms. The van der Waals surface area contributed by atoms with E-state index in [1.54, 1.807) is 0 Å². The van der Waals surface area contributed by atoms with Crippen LogP contribution in [0.4, 0.5) is 8.78 Å². The molecule has 1 heterocycles. The van der Waals surface area contributed by atoms with Crippen molar-refractivity contribution in [3.8, 4) is 0 Å². The number of hydrogen-bond acceptors (Lipinski definition) is 2. The maximum absolute atomic E-state index is 13.6. The van der Waals surface area contributed by atoms with Crippen LogP contribution in [0.1, 0.15) is 18.4 Å². The summed E-state index contributed by atoms with van der Waals surface area (Å²) >= 11 is 0. The van der Waals surface area contributed by atoms with E-state index in [0.717, 1.165) is 13.0 Å². The van der Waals surface area contributed by atoms with E-state index in [2.05, 4.69) is 0 Å². The number of hydrogen-bond donors (Lipinski definition) is 1. The van der Waals surface area contributed by atoms with Crippen LogP contribution in [0.5, 0.6) is 0 Å². The van der Waals surface area contributed by atoms with E-state index in [1.165, 1.54) is 18.2 Å². The molecule has 1 aliphatic heterocycles. The first kappa shape index (κ1) is 11.5. The predicted octanol–water partition coefficient (Wildman–Crippen LogP) is 1.88. The molecule has 1 aromatic carbocycles. The number of β-amino-alcohol motifs (C(OH)–C–C–N with tert-alkyl or cyclic N) is 1. The Morgan fingerprint density at radius 2 is 1.94 bits per heavy atom. The Morgan fingerprint density at radius 3 is 2.50 bits per heavy atom. The van der Waals surface area contributed by atoms with Crippen LogP contribution in [0, 0.1) is 11.6 Å². The minimum absolute atomic E-state index is 0.193. The minimum Gasteiger partial charge on any atom is -0.384 e. The molecule has 1 aliphatic rings. The molecule has 1 atom stereocenters. The molecule has 1 N–H and O–H groups in total. The topological polar surface area (TPSA) is 23.5 Å². The van der Waals surface area contributed by atoms with Gasteiger partial charge in [0.1, 0.15) is 17.2 Å². The van der Waals surface area contributed by atoms with E-state index in [0.29, 0.717) is 6.42 Å². The van der Waals surface area contributed by atoms with Gasteiger partial charge in [-0.3, -0.25) is 0 Å². The highest BCUT2D eigenvalue weighted by Gasteiger charge is 2.38. The third-order valence-corrected chi connectivity index (χ3v) is 3.09.